The second-order valence-corrected chi connectivity index (χ2v) is 5.02. The van der Waals surface area contributed by atoms with E-state index in [1.807, 2.05) is 43.3 Å². The van der Waals surface area contributed by atoms with Crippen molar-refractivity contribution in [2.45, 2.75) is 19.9 Å². The lowest BCUT2D eigenvalue weighted by Gasteiger charge is -2.03. The van der Waals surface area contributed by atoms with Crippen molar-refractivity contribution in [1.82, 2.24) is 25.4 Å². The normalized spacial score (nSPS) is 11.6. The minimum absolute atomic E-state index is 0.169. The van der Waals surface area contributed by atoms with Crippen LogP contribution in [0.3, 0.4) is 0 Å². The summed E-state index contributed by atoms with van der Waals surface area (Å²) in [5.41, 5.74) is 5.94. The first-order chi connectivity index (χ1) is 11.2. The highest BCUT2D eigenvalue weighted by Gasteiger charge is 2.06. The lowest BCUT2D eigenvalue weighted by Crippen LogP contribution is -2.21. The molecule has 0 unspecified atom stereocenters. The van der Waals surface area contributed by atoms with Gasteiger partial charge in [0.05, 0.1) is 17.8 Å². The Morgan fingerprint density at radius 3 is 2.83 bits per heavy atom. The van der Waals surface area contributed by atoms with E-state index in [1.54, 1.807) is 17.1 Å². The van der Waals surface area contributed by atoms with Crippen LogP contribution in [-0.2, 0) is 11.3 Å². The molecule has 116 valence electrons. The van der Waals surface area contributed by atoms with Gasteiger partial charge in [0.2, 0.25) is 5.91 Å². The molecule has 7 nitrogen and oxygen atoms in total. The summed E-state index contributed by atoms with van der Waals surface area (Å²) in [5, 5.41) is 12.2. The van der Waals surface area contributed by atoms with Gasteiger partial charge in [0.1, 0.15) is 5.52 Å². The Bertz CT molecular complexity index is 840. The summed E-state index contributed by atoms with van der Waals surface area (Å²) in [7, 11) is 0. The fourth-order valence-electron chi connectivity index (χ4n) is 2.15. The number of hydrogen-bond donors (Lipinski definition) is 1. The fraction of sp³-hybridized carbons (Fsp3) is 0.188. The molecule has 3 rings (SSSR count). The maximum Gasteiger partial charge on any atom is 0.241 e. The molecule has 0 saturated heterocycles. The molecule has 0 spiro atoms. The first kappa shape index (κ1) is 14.8. The fourth-order valence-corrected chi connectivity index (χ4v) is 2.15. The summed E-state index contributed by atoms with van der Waals surface area (Å²) >= 11 is 0. The number of nitrogens with zero attached hydrogens (tertiary/aromatic N) is 5. The average Bonchev–Trinajstić information content (AvgIpc) is 3.02. The molecular formula is C16H16N6O. The van der Waals surface area contributed by atoms with Crippen molar-refractivity contribution in [1.29, 1.82) is 0 Å². The average molecular weight is 308 g/mol. The van der Waals surface area contributed by atoms with Crippen LogP contribution >= 0.6 is 0 Å². The molecule has 23 heavy (non-hydrogen) atoms. The molecule has 1 N–H and O–H groups in total. The van der Waals surface area contributed by atoms with Crippen LogP contribution in [0.2, 0.25) is 0 Å². The highest BCUT2D eigenvalue weighted by atomic mass is 16.2. The Balaban J connectivity index is 1.58. The van der Waals surface area contributed by atoms with Gasteiger partial charge >= 0.3 is 0 Å². The Morgan fingerprint density at radius 1 is 1.22 bits per heavy atom. The quantitative estimate of drug-likeness (QED) is 0.575. The van der Waals surface area contributed by atoms with Gasteiger partial charge in [-0.3, -0.25) is 9.78 Å². The number of amides is 1. The van der Waals surface area contributed by atoms with Gasteiger partial charge < -0.3 is 0 Å². The molecule has 0 radical (unpaired) electrons. The molecule has 0 aliphatic rings. The van der Waals surface area contributed by atoms with E-state index >= 15 is 0 Å². The molecule has 0 fully saturated rings. The molecule has 2 heterocycles. The Morgan fingerprint density at radius 2 is 2.00 bits per heavy atom. The van der Waals surface area contributed by atoms with Crippen molar-refractivity contribution in [2.24, 2.45) is 5.10 Å². The molecular weight excluding hydrogens is 292 g/mol. The SMILES string of the molecule is C/C(=N\NC(=O)CCn1nnc2ccccc21)c1ccncc1. The predicted molar refractivity (Wildman–Crippen MR) is 86.7 cm³/mol. The number of nitrogens with one attached hydrogen (secondary N) is 1. The van der Waals surface area contributed by atoms with Crippen LogP contribution in [0.1, 0.15) is 18.9 Å². The number of rotatable bonds is 5. The zero-order valence-corrected chi connectivity index (χ0v) is 12.7. The van der Waals surface area contributed by atoms with E-state index in [4.69, 9.17) is 0 Å². The van der Waals surface area contributed by atoms with E-state index in [9.17, 15) is 4.79 Å². The van der Waals surface area contributed by atoms with E-state index in [0.29, 0.717) is 6.54 Å². The van der Waals surface area contributed by atoms with Gasteiger partial charge in [-0.2, -0.15) is 5.10 Å². The molecule has 0 saturated carbocycles. The largest absolute Gasteiger partial charge is 0.273 e. The van der Waals surface area contributed by atoms with E-state index in [2.05, 4.69) is 25.8 Å². The number of carbonyl (C=O) groups excluding carboxylic acids is 1. The van der Waals surface area contributed by atoms with E-state index in [0.717, 1.165) is 22.3 Å². The van der Waals surface area contributed by atoms with Crippen molar-refractivity contribution in [2.75, 3.05) is 0 Å². The van der Waals surface area contributed by atoms with Gasteiger partial charge in [0.25, 0.3) is 0 Å². The minimum atomic E-state index is -0.169. The second kappa shape index (κ2) is 6.78. The van der Waals surface area contributed by atoms with Gasteiger partial charge in [0, 0.05) is 24.4 Å². The number of hydrogen-bond acceptors (Lipinski definition) is 5. The zero-order chi connectivity index (χ0) is 16.1. The molecule has 0 aliphatic carbocycles. The molecule has 0 aliphatic heterocycles. The molecule has 1 aromatic carbocycles. The number of pyridine rings is 1. The summed E-state index contributed by atoms with van der Waals surface area (Å²) in [5.74, 6) is -0.169. The van der Waals surface area contributed by atoms with Crippen molar-refractivity contribution in [3.8, 4) is 0 Å². The second-order valence-electron chi connectivity index (χ2n) is 5.02. The summed E-state index contributed by atoms with van der Waals surface area (Å²) in [4.78, 5) is 15.9. The van der Waals surface area contributed by atoms with Crippen LogP contribution in [0.5, 0.6) is 0 Å². The highest BCUT2D eigenvalue weighted by Crippen LogP contribution is 2.09. The first-order valence-electron chi connectivity index (χ1n) is 7.26. The lowest BCUT2D eigenvalue weighted by atomic mass is 10.2. The Hall–Kier alpha value is -3.09. The third-order valence-corrected chi connectivity index (χ3v) is 3.42. The number of para-hydroxylation sites is 1. The van der Waals surface area contributed by atoms with Crippen LogP contribution in [0, 0.1) is 0 Å². The standard InChI is InChI=1S/C16H16N6O/c1-12(13-6-9-17-10-7-13)18-20-16(23)8-11-22-15-5-3-2-4-14(15)19-21-22/h2-7,9-10H,8,11H2,1H3,(H,20,23)/b18-12+. The van der Waals surface area contributed by atoms with Crippen molar-refractivity contribution < 1.29 is 4.79 Å². The molecule has 2 aromatic heterocycles. The van der Waals surface area contributed by atoms with Crippen LogP contribution < -0.4 is 5.43 Å². The molecule has 3 aromatic rings. The summed E-state index contributed by atoms with van der Waals surface area (Å²) < 4.78 is 1.72. The third kappa shape index (κ3) is 3.57. The maximum absolute atomic E-state index is 11.9. The molecule has 0 bridgehead atoms. The van der Waals surface area contributed by atoms with E-state index < -0.39 is 0 Å². The van der Waals surface area contributed by atoms with Crippen LogP contribution in [0.4, 0.5) is 0 Å². The molecule has 1 amide bonds. The number of aryl methyl sites for hydroxylation is 1. The van der Waals surface area contributed by atoms with Crippen molar-refractivity contribution >= 4 is 22.7 Å². The number of carbonyl (C=O) groups is 1. The molecule has 7 heteroatoms. The van der Waals surface area contributed by atoms with Gasteiger partial charge in [-0.15, -0.1) is 5.10 Å². The van der Waals surface area contributed by atoms with E-state index in [1.165, 1.54) is 0 Å². The number of fused-ring (bicyclic) bond motifs is 1. The van der Waals surface area contributed by atoms with Crippen LogP contribution in [0.15, 0.2) is 53.9 Å². The topological polar surface area (TPSA) is 85.1 Å². The third-order valence-electron chi connectivity index (χ3n) is 3.42. The number of benzene rings is 1. The van der Waals surface area contributed by atoms with Crippen molar-refractivity contribution in [3.05, 3.63) is 54.4 Å². The summed E-state index contributed by atoms with van der Waals surface area (Å²) in [6.45, 7) is 2.29. The number of aromatic nitrogens is 4. The molecule has 0 atom stereocenters. The van der Waals surface area contributed by atoms with Gasteiger partial charge in [-0.05, 0) is 31.2 Å². The van der Waals surface area contributed by atoms with Gasteiger partial charge in [-0.1, -0.05) is 17.3 Å². The van der Waals surface area contributed by atoms with Crippen LogP contribution in [0.25, 0.3) is 11.0 Å². The summed E-state index contributed by atoms with van der Waals surface area (Å²) in [6.07, 6.45) is 3.65. The maximum atomic E-state index is 11.9. The minimum Gasteiger partial charge on any atom is -0.273 e. The van der Waals surface area contributed by atoms with Gasteiger partial charge in [-0.25, -0.2) is 10.1 Å². The summed E-state index contributed by atoms with van der Waals surface area (Å²) in [6, 6.07) is 11.3. The highest BCUT2D eigenvalue weighted by molar-refractivity contribution is 5.99. The predicted octanol–water partition coefficient (Wildman–Crippen LogP) is 1.76. The smallest absolute Gasteiger partial charge is 0.241 e. The van der Waals surface area contributed by atoms with Crippen molar-refractivity contribution in [3.63, 3.8) is 0 Å². The number of hydrazone groups is 1. The van der Waals surface area contributed by atoms with E-state index in [-0.39, 0.29) is 12.3 Å². The van der Waals surface area contributed by atoms with Gasteiger partial charge in [0.15, 0.2) is 0 Å². The van der Waals surface area contributed by atoms with Crippen LogP contribution in [-0.4, -0.2) is 31.6 Å². The Kier molecular flexibility index (Phi) is 4.37. The Labute approximate surface area is 133 Å². The monoisotopic (exact) mass is 308 g/mol. The zero-order valence-electron chi connectivity index (χ0n) is 12.7. The lowest BCUT2D eigenvalue weighted by molar-refractivity contribution is -0.121. The first-order valence-corrected chi connectivity index (χ1v) is 7.26.